The molecule has 4 aliphatic rings. The zero-order valence-electron chi connectivity index (χ0n) is 62.2. The Kier molecular flexibility index (Phi) is 30.8. The lowest BCUT2D eigenvalue weighted by Gasteiger charge is -2.26. The standard InChI is InChI=1S/C21H25BN4O5S.C20H24N4O6S.C12H13BN2O4.C12H15BN2O2.C11H8N2O/c1-14(25-32(30,31)18-5-3-2-4-6-18)11-23-20(28)16-9-17-8-7-15(12-24-21(22)29)13-26(17)19(27)10-16;21-10-13-6-7-15-8-14(9-18(25)24(15)12-13)19(26)22-11-17(20(27)28)23-31(29,30)16-4-2-1-3-5-16;13-12(19)14-5-7-1-2-9-3-8(11(17)18)4-10(16)15(9)6-7;1-8-4-10-3-2-9(6-14-12(13)17)7-15(10)11(16)5-8;1-8-5-10-4-3-9(12-2)7-13(10)11(14)6-8/h2-6,9-10,14-15,25H,7-8,11-13H2,1H3,(H,23,28)(H,24,29);1-5,8-9,13,17,23H,6-7,10-12,21H2,(H,22,26)(H,27,28);3-4,7H,1-2,5-6H2,(H,14,19)(H,17,18);4-5,9H,2-3,6-7H2,1H3,(H,14,17);3-7H,1H3/t14-,15?;13?,17-;;;/m10.../s1. The molecule has 10 heterocycles. The molecule has 0 saturated heterocycles. The monoisotopic (exact) mass is 1580 g/mol. The van der Waals surface area contributed by atoms with Crippen LogP contribution in [-0.2, 0) is 76.7 Å². The minimum Gasteiger partial charge on any atom is -0.480 e. The molecule has 6 radical (unpaired) electrons. The molecular formula is C76H85B3N14O18S2. The molecule has 0 fully saturated rings. The number of rotatable bonds is 21. The summed E-state index contributed by atoms with van der Waals surface area (Å²) in [5.41, 5.74) is 11.5. The van der Waals surface area contributed by atoms with Crippen molar-refractivity contribution < 1.29 is 60.6 Å². The Labute approximate surface area is 654 Å². The van der Waals surface area contributed by atoms with Gasteiger partial charge in [0.1, 0.15) is 6.04 Å². The van der Waals surface area contributed by atoms with Crippen LogP contribution in [0.1, 0.15) is 97.6 Å². The van der Waals surface area contributed by atoms with Gasteiger partial charge in [0.25, 0.3) is 39.6 Å². The van der Waals surface area contributed by atoms with E-state index in [1.54, 1.807) is 92.1 Å². The summed E-state index contributed by atoms with van der Waals surface area (Å²) >= 11 is 0. The fourth-order valence-electron chi connectivity index (χ4n) is 13.1. The van der Waals surface area contributed by atoms with E-state index >= 15 is 0 Å². The Hall–Kier alpha value is -11.6. The lowest BCUT2D eigenvalue weighted by molar-refractivity contribution is -0.138. The zero-order valence-corrected chi connectivity index (χ0v) is 63.8. The maximum absolute atomic E-state index is 12.6. The van der Waals surface area contributed by atoms with Crippen LogP contribution in [0.25, 0.3) is 10.4 Å². The minimum atomic E-state index is -4.09. The molecule has 5 amide bonds. The van der Waals surface area contributed by atoms with Gasteiger partial charge in [-0.25, -0.2) is 31.2 Å². The third-order valence-corrected chi connectivity index (χ3v) is 22.0. The first-order valence-electron chi connectivity index (χ1n) is 36.0. The Morgan fingerprint density at radius 1 is 0.496 bits per heavy atom. The number of carbonyl (C=O) groups is 7. The number of pyridine rings is 6. The second kappa shape index (κ2) is 40.1. The third-order valence-electron chi connectivity index (χ3n) is 18.9. The Morgan fingerprint density at radius 3 is 1.30 bits per heavy atom. The van der Waals surface area contributed by atoms with E-state index in [2.05, 4.69) is 46.9 Å². The smallest absolute Gasteiger partial charge is 0.335 e. The van der Waals surface area contributed by atoms with Crippen molar-refractivity contribution in [3.8, 4) is 0 Å². The van der Waals surface area contributed by atoms with Crippen LogP contribution in [0.2, 0.25) is 0 Å². The van der Waals surface area contributed by atoms with Crippen molar-refractivity contribution in [2.45, 2.75) is 120 Å². The van der Waals surface area contributed by atoms with Crippen molar-refractivity contribution in [2.75, 3.05) is 39.3 Å². The van der Waals surface area contributed by atoms with E-state index in [-0.39, 0.29) is 84.5 Å². The van der Waals surface area contributed by atoms with E-state index in [9.17, 15) is 79.5 Å². The topological polar surface area (TPSA) is 452 Å². The number of hydrogen-bond donors (Lipinski definition) is 10. The predicted molar refractivity (Wildman–Crippen MR) is 422 cm³/mol. The molecule has 588 valence electrons. The third kappa shape index (κ3) is 25.2. The van der Waals surface area contributed by atoms with E-state index < -0.39 is 79.8 Å². The minimum absolute atomic E-state index is 0.0185. The van der Waals surface area contributed by atoms with E-state index in [4.69, 9.17) is 41.0 Å². The van der Waals surface area contributed by atoms with E-state index in [0.717, 1.165) is 71.9 Å². The summed E-state index contributed by atoms with van der Waals surface area (Å²) in [4.78, 5) is 143. The number of nitrogens with zero attached hydrogens (tertiary/aromatic N) is 6. The Balaban J connectivity index is 0.000000183. The molecule has 0 saturated carbocycles. The van der Waals surface area contributed by atoms with Gasteiger partial charge in [-0.05, 0) is 174 Å². The summed E-state index contributed by atoms with van der Waals surface area (Å²) in [6, 6.07) is 32.2. The summed E-state index contributed by atoms with van der Waals surface area (Å²) in [5.74, 6) is -4.63. The number of aromatic carboxylic acids is 1. The van der Waals surface area contributed by atoms with Crippen LogP contribution in [0.3, 0.4) is 0 Å². The molecule has 4 unspecified atom stereocenters. The number of amides is 5. The summed E-state index contributed by atoms with van der Waals surface area (Å²) in [6.07, 6.45) is 7.56. The lowest BCUT2D eigenvalue weighted by atomic mass is 9.95. The summed E-state index contributed by atoms with van der Waals surface area (Å²) in [6.45, 7) is 15.7. The van der Waals surface area contributed by atoms with Crippen molar-refractivity contribution in [1.82, 2.24) is 58.7 Å². The maximum Gasteiger partial charge on any atom is 0.335 e. The number of fused-ring (bicyclic) bond motifs is 5. The van der Waals surface area contributed by atoms with Crippen LogP contribution < -0.4 is 69.6 Å². The lowest BCUT2D eigenvalue weighted by Crippen LogP contribution is -2.48. The fraction of sp³-hybridized carbons (Fsp3) is 0.355. The molecule has 0 bridgehead atoms. The highest BCUT2D eigenvalue weighted by Gasteiger charge is 2.29. The first-order valence-corrected chi connectivity index (χ1v) is 39.0. The van der Waals surface area contributed by atoms with Gasteiger partial charge in [0, 0.05) is 141 Å². The number of sulfonamides is 2. The van der Waals surface area contributed by atoms with Crippen LogP contribution >= 0.6 is 0 Å². The Morgan fingerprint density at radius 2 is 0.876 bits per heavy atom. The van der Waals surface area contributed by atoms with Gasteiger partial charge in [-0.3, -0.25) is 57.1 Å². The van der Waals surface area contributed by atoms with Gasteiger partial charge in [-0.2, -0.15) is 4.72 Å². The largest absolute Gasteiger partial charge is 0.480 e. The van der Waals surface area contributed by atoms with Crippen LogP contribution in [0, 0.1) is 44.1 Å². The Bertz CT molecular complexity index is 5460. The van der Waals surface area contributed by atoms with Crippen LogP contribution in [0.4, 0.5) is 20.1 Å². The molecule has 113 heavy (non-hydrogen) atoms. The van der Waals surface area contributed by atoms with Crippen LogP contribution in [0.15, 0.2) is 173 Å². The quantitative estimate of drug-likeness (QED) is 0.0365. The average molecular weight is 1580 g/mol. The van der Waals surface area contributed by atoms with Crippen LogP contribution in [-0.4, -0.2) is 166 Å². The zero-order chi connectivity index (χ0) is 82.4. The van der Waals surface area contributed by atoms with Gasteiger partial charge in [0.05, 0.1) is 21.9 Å². The van der Waals surface area contributed by atoms with Crippen molar-refractivity contribution in [3.05, 3.63) is 253 Å². The SMILES string of the molecule is NCC1CCc2cc(C(=O)NC[C@H](NS(=O)(=O)c3ccccc3)C(=O)O)cc(=O)n2C1.[B]C(=O)NCC1CCc2cc(C(=O)NC[C@@H](C)NS(=O)(=O)c3ccccc3)cc(=O)n2C1.[B]C(=O)NCC1CCc2cc(C(=O)O)cc(=O)n2C1.[B]C(=O)NCC1CCc2cc(C)cc(=O)n2C1.[C-]#[N+]c1ccc2cc(C)cc(=O)n2c1. The fourth-order valence-corrected chi connectivity index (χ4v) is 15.6. The molecule has 32 nitrogen and oxygen atoms in total. The second-order valence-corrected chi connectivity index (χ2v) is 31.1. The number of nitrogens with one attached hydrogen (secondary N) is 7. The van der Waals surface area contributed by atoms with Gasteiger partial charge in [-0.1, -0.05) is 42.5 Å². The molecule has 2 aromatic carbocycles. The number of carboxylic acids is 2. The van der Waals surface area contributed by atoms with Gasteiger partial charge in [-0.15, -0.1) is 0 Å². The van der Waals surface area contributed by atoms with Crippen LogP contribution in [0.5, 0.6) is 0 Å². The van der Waals surface area contributed by atoms with E-state index in [0.29, 0.717) is 83.0 Å². The molecule has 0 spiro atoms. The van der Waals surface area contributed by atoms with E-state index in [1.807, 2.05) is 19.9 Å². The summed E-state index contributed by atoms with van der Waals surface area (Å²) in [5, 5.41) is 31.0. The summed E-state index contributed by atoms with van der Waals surface area (Å²) in [7, 11) is 7.35. The van der Waals surface area contributed by atoms with E-state index in [1.165, 1.54) is 59.0 Å². The second-order valence-electron chi connectivity index (χ2n) is 27.7. The molecule has 4 aliphatic heterocycles. The molecule has 12 rings (SSSR count). The molecule has 11 N–H and O–H groups in total. The number of aromatic nitrogens is 5. The molecule has 6 aromatic heterocycles. The van der Waals surface area contributed by atoms with Crippen molar-refractivity contribution in [2.24, 2.45) is 29.4 Å². The molecule has 6 atom stereocenters. The van der Waals surface area contributed by atoms with Crippen molar-refractivity contribution in [1.29, 1.82) is 0 Å². The number of aliphatic carboxylic acids is 1. The molecule has 0 aliphatic carbocycles. The number of benzene rings is 2. The van der Waals surface area contributed by atoms with Crippen molar-refractivity contribution >= 4 is 96.0 Å². The van der Waals surface area contributed by atoms with Gasteiger partial charge in [0.15, 0.2) is 41.0 Å². The number of aryl methyl sites for hydroxylation is 6. The predicted octanol–water partition coefficient (Wildman–Crippen LogP) is 2.66. The molecule has 37 heteroatoms. The molecular weight excluding hydrogens is 1490 g/mol. The first-order chi connectivity index (χ1) is 53.6. The summed E-state index contributed by atoms with van der Waals surface area (Å²) < 4.78 is 62.1. The van der Waals surface area contributed by atoms with Gasteiger partial charge >= 0.3 is 11.9 Å². The number of nitrogens with two attached hydrogens (primary N) is 1. The molecule has 8 aromatic rings. The normalized spacial score (nSPS) is 16.3. The maximum atomic E-state index is 12.6. The van der Waals surface area contributed by atoms with Gasteiger partial charge in [0.2, 0.25) is 25.7 Å². The van der Waals surface area contributed by atoms with Crippen molar-refractivity contribution in [3.63, 3.8) is 0 Å². The number of carboxylic acid groups (broad SMARTS) is 2. The highest BCUT2D eigenvalue weighted by molar-refractivity contribution is 7.89. The number of hydrogen-bond acceptors (Lipinski definition) is 17. The number of carbonyl (C=O) groups excluding carboxylic acids is 5. The highest BCUT2D eigenvalue weighted by atomic mass is 32.2. The van der Waals surface area contributed by atoms with Gasteiger partial charge < -0.3 is 60.8 Å². The first kappa shape index (κ1) is 87.0. The highest BCUT2D eigenvalue weighted by Crippen LogP contribution is 2.23. The average Bonchev–Trinajstić information content (AvgIpc) is 0.811.